The van der Waals surface area contributed by atoms with E-state index in [1.807, 2.05) is 20.8 Å². The topological polar surface area (TPSA) is 94.8 Å². The number of aliphatic hydroxyl groups excluding tert-OH is 1. The Morgan fingerprint density at radius 3 is 1.19 bits per heavy atom. The number of carbonyl (C=O) groups is 2. The molecule has 0 rings (SSSR count). The highest BCUT2D eigenvalue weighted by Gasteiger charge is 2.05. The van der Waals surface area contributed by atoms with Crippen LogP contribution in [-0.4, -0.2) is 33.9 Å². The fraction of sp³-hybridized carbons (Fsp3) is 0.455. The molecule has 0 aliphatic rings. The predicted molar refractivity (Wildman–Crippen MR) is 62.2 cm³/mol. The largest absolute Gasteiger partial charge is 0.478 e. The lowest BCUT2D eigenvalue weighted by molar-refractivity contribution is -0.132. The van der Waals surface area contributed by atoms with E-state index in [1.54, 1.807) is 0 Å². The number of aliphatic carboxylic acids is 2. The van der Waals surface area contributed by atoms with Crippen molar-refractivity contribution in [1.82, 2.24) is 0 Å². The molecule has 5 heteroatoms. The zero-order chi connectivity index (χ0) is 13.8. The molecule has 0 aromatic rings. The Kier molecular flexibility index (Phi) is 14.2. The van der Waals surface area contributed by atoms with Crippen LogP contribution in [0.4, 0.5) is 0 Å². The average Bonchev–Trinajstić information content (AvgIpc) is 2.18. The van der Waals surface area contributed by atoms with Crippen LogP contribution < -0.4 is 0 Å². The van der Waals surface area contributed by atoms with Crippen LogP contribution in [0.15, 0.2) is 25.3 Å². The van der Waals surface area contributed by atoms with Gasteiger partial charge in [-0.2, -0.15) is 0 Å². The SMILES string of the molecule is C=CC(=O)O.C=CC(=O)O.CC(C)(C)CO. The Morgan fingerprint density at radius 2 is 1.19 bits per heavy atom. The van der Waals surface area contributed by atoms with Crippen molar-refractivity contribution in [3.63, 3.8) is 0 Å². The van der Waals surface area contributed by atoms with E-state index >= 15 is 0 Å². The summed E-state index contributed by atoms with van der Waals surface area (Å²) in [6, 6.07) is 0. The molecule has 0 amide bonds. The predicted octanol–water partition coefficient (Wildman–Crippen LogP) is 1.54. The zero-order valence-electron chi connectivity index (χ0n) is 9.93. The molecule has 3 N–H and O–H groups in total. The van der Waals surface area contributed by atoms with Crippen LogP contribution >= 0.6 is 0 Å². The summed E-state index contributed by atoms with van der Waals surface area (Å²) in [7, 11) is 0. The van der Waals surface area contributed by atoms with Crippen molar-refractivity contribution < 1.29 is 24.9 Å². The molecule has 0 aromatic heterocycles. The highest BCUT2D eigenvalue weighted by atomic mass is 16.4. The van der Waals surface area contributed by atoms with E-state index in [0.29, 0.717) is 0 Å². The number of hydrogen-bond acceptors (Lipinski definition) is 3. The molecule has 0 saturated heterocycles. The zero-order valence-corrected chi connectivity index (χ0v) is 9.93. The van der Waals surface area contributed by atoms with Gasteiger partial charge in [0.1, 0.15) is 0 Å². The number of carboxylic acids is 2. The second-order valence-electron chi connectivity index (χ2n) is 3.80. The Bertz CT molecular complexity index is 207. The van der Waals surface area contributed by atoms with Crippen molar-refractivity contribution >= 4 is 11.9 Å². The molecular weight excluding hydrogens is 212 g/mol. The highest BCUT2D eigenvalue weighted by Crippen LogP contribution is 2.09. The van der Waals surface area contributed by atoms with E-state index in [2.05, 4.69) is 13.2 Å². The monoisotopic (exact) mass is 232 g/mol. The van der Waals surface area contributed by atoms with E-state index in [-0.39, 0.29) is 12.0 Å². The summed E-state index contributed by atoms with van der Waals surface area (Å²) in [4.78, 5) is 18.5. The summed E-state index contributed by atoms with van der Waals surface area (Å²) in [6.45, 7) is 12.2. The van der Waals surface area contributed by atoms with Crippen LogP contribution in [0, 0.1) is 5.41 Å². The van der Waals surface area contributed by atoms with E-state index in [9.17, 15) is 9.59 Å². The first-order valence-corrected chi connectivity index (χ1v) is 4.42. The molecular formula is C11H20O5. The number of hydrogen-bond donors (Lipinski definition) is 3. The lowest BCUT2D eigenvalue weighted by Crippen LogP contribution is -2.09. The molecule has 0 unspecified atom stereocenters. The van der Waals surface area contributed by atoms with Crippen molar-refractivity contribution in [3.05, 3.63) is 25.3 Å². The van der Waals surface area contributed by atoms with Gasteiger partial charge >= 0.3 is 11.9 Å². The van der Waals surface area contributed by atoms with Gasteiger partial charge in [0, 0.05) is 18.8 Å². The van der Waals surface area contributed by atoms with Gasteiger partial charge in [-0.1, -0.05) is 33.9 Å². The van der Waals surface area contributed by atoms with E-state index in [1.165, 1.54) is 0 Å². The Balaban J connectivity index is -0.000000160. The van der Waals surface area contributed by atoms with Crippen LogP contribution in [0.5, 0.6) is 0 Å². The number of aliphatic hydroxyl groups is 1. The fourth-order valence-corrected chi connectivity index (χ4v) is 0. The molecule has 0 heterocycles. The molecule has 0 fully saturated rings. The van der Waals surface area contributed by atoms with Crippen molar-refractivity contribution in [3.8, 4) is 0 Å². The minimum Gasteiger partial charge on any atom is -0.478 e. The van der Waals surface area contributed by atoms with Gasteiger partial charge in [0.05, 0.1) is 0 Å². The molecule has 0 aromatic carbocycles. The molecule has 16 heavy (non-hydrogen) atoms. The van der Waals surface area contributed by atoms with Crippen LogP contribution in [-0.2, 0) is 9.59 Å². The van der Waals surface area contributed by atoms with Gasteiger partial charge < -0.3 is 15.3 Å². The fourth-order valence-electron chi connectivity index (χ4n) is 0. The van der Waals surface area contributed by atoms with Gasteiger partial charge in [-0.15, -0.1) is 0 Å². The van der Waals surface area contributed by atoms with E-state index in [0.717, 1.165) is 12.2 Å². The van der Waals surface area contributed by atoms with Crippen LogP contribution in [0.25, 0.3) is 0 Å². The van der Waals surface area contributed by atoms with Crippen LogP contribution in [0.1, 0.15) is 20.8 Å². The second-order valence-corrected chi connectivity index (χ2v) is 3.80. The van der Waals surface area contributed by atoms with Crippen LogP contribution in [0.2, 0.25) is 0 Å². The molecule has 0 radical (unpaired) electrons. The van der Waals surface area contributed by atoms with E-state index < -0.39 is 11.9 Å². The second kappa shape index (κ2) is 11.5. The van der Waals surface area contributed by atoms with Gasteiger partial charge in [-0.25, -0.2) is 9.59 Å². The maximum Gasteiger partial charge on any atom is 0.327 e. The third kappa shape index (κ3) is 55.4. The molecule has 5 nitrogen and oxygen atoms in total. The first kappa shape index (κ1) is 19.9. The van der Waals surface area contributed by atoms with Crippen molar-refractivity contribution in [1.29, 1.82) is 0 Å². The number of rotatable bonds is 2. The van der Waals surface area contributed by atoms with Gasteiger partial charge in [-0.3, -0.25) is 0 Å². The van der Waals surface area contributed by atoms with Gasteiger partial charge in [0.15, 0.2) is 0 Å². The van der Waals surface area contributed by atoms with Crippen LogP contribution in [0.3, 0.4) is 0 Å². The minimum absolute atomic E-state index is 0.0972. The van der Waals surface area contributed by atoms with Crippen molar-refractivity contribution in [2.45, 2.75) is 20.8 Å². The molecule has 0 saturated carbocycles. The lowest BCUT2D eigenvalue weighted by Gasteiger charge is -2.11. The van der Waals surface area contributed by atoms with Gasteiger partial charge in [0.25, 0.3) is 0 Å². The van der Waals surface area contributed by atoms with E-state index in [4.69, 9.17) is 15.3 Å². The van der Waals surface area contributed by atoms with Crippen molar-refractivity contribution in [2.24, 2.45) is 5.41 Å². The highest BCUT2D eigenvalue weighted by molar-refractivity contribution is 5.79. The minimum atomic E-state index is -0.981. The maximum atomic E-state index is 9.25. The summed E-state index contributed by atoms with van der Waals surface area (Å²) in [5, 5.41) is 23.6. The summed E-state index contributed by atoms with van der Waals surface area (Å²) in [5.74, 6) is -1.96. The van der Waals surface area contributed by atoms with Crippen molar-refractivity contribution in [2.75, 3.05) is 6.61 Å². The first-order chi connectivity index (χ1) is 7.10. The first-order valence-electron chi connectivity index (χ1n) is 4.42. The summed E-state index contributed by atoms with van der Waals surface area (Å²) in [5.41, 5.74) is 0.0972. The summed E-state index contributed by atoms with van der Waals surface area (Å²) < 4.78 is 0. The molecule has 0 aliphatic heterocycles. The smallest absolute Gasteiger partial charge is 0.327 e. The summed E-state index contributed by atoms with van der Waals surface area (Å²) >= 11 is 0. The maximum absolute atomic E-state index is 9.25. The standard InChI is InChI=1S/C5H12O.2C3H4O2/c1-5(2,3)4-6;2*1-2-3(4)5/h6H,4H2,1-3H3;2*2H,1H2,(H,4,5). The normalized spacial score (nSPS) is 8.50. The molecule has 0 atom stereocenters. The average molecular weight is 232 g/mol. The molecule has 0 bridgehead atoms. The Hall–Kier alpha value is -1.62. The molecule has 94 valence electrons. The third-order valence-corrected chi connectivity index (χ3v) is 0.824. The molecule has 0 spiro atoms. The quantitative estimate of drug-likeness (QED) is 0.628. The number of carboxylic acid groups (broad SMARTS) is 2. The van der Waals surface area contributed by atoms with Gasteiger partial charge in [0.2, 0.25) is 0 Å². The summed E-state index contributed by atoms with van der Waals surface area (Å²) in [6.07, 6.45) is 1.67. The third-order valence-electron chi connectivity index (χ3n) is 0.824. The Morgan fingerprint density at radius 1 is 1.06 bits per heavy atom. The van der Waals surface area contributed by atoms with Gasteiger partial charge in [-0.05, 0) is 5.41 Å². The molecule has 0 aliphatic carbocycles. The Labute approximate surface area is 95.7 Å². The lowest BCUT2D eigenvalue weighted by atomic mass is 9.99.